The first kappa shape index (κ1) is 16.5. The molecule has 2 rings (SSSR count). The highest BCUT2D eigenvalue weighted by Crippen LogP contribution is 2.17. The van der Waals surface area contributed by atoms with Gasteiger partial charge in [0.05, 0.1) is 6.54 Å². The second-order valence-electron chi connectivity index (χ2n) is 6.23. The van der Waals surface area contributed by atoms with Crippen LogP contribution in [0.4, 0.5) is 10.5 Å². The van der Waals surface area contributed by atoms with Crippen LogP contribution in [0.3, 0.4) is 0 Å². The van der Waals surface area contributed by atoms with Gasteiger partial charge in [-0.1, -0.05) is 19.1 Å². The Balaban J connectivity index is 1.83. The number of amides is 3. The third kappa shape index (κ3) is 4.56. The maximum Gasteiger partial charge on any atom is 0.325 e. The third-order valence-corrected chi connectivity index (χ3v) is 4.21. The van der Waals surface area contributed by atoms with Crippen LogP contribution < -0.4 is 10.6 Å². The number of carbonyl (C=O) groups is 2. The maximum absolute atomic E-state index is 12.0. The van der Waals surface area contributed by atoms with Crippen molar-refractivity contribution in [3.8, 4) is 0 Å². The third-order valence-electron chi connectivity index (χ3n) is 4.21. The summed E-state index contributed by atoms with van der Waals surface area (Å²) < 4.78 is 0. The predicted octanol–water partition coefficient (Wildman–Crippen LogP) is 2.68. The predicted molar refractivity (Wildman–Crippen MR) is 87.9 cm³/mol. The van der Waals surface area contributed by atoms with E-state index in [1.807, 2.05) is 32.0 Å². The monoisotopic (exact) mass is 303 g/mol. The van der Waals surface area contributed by atoms with Crippen molar-refractivity contribution >= 4 is 17.6 Å². The zero-order chi connectivity index (χ0) is 16.1. The van der Waals surface area contributed by atoms with E-state index in [4.69, 9.17) is 0 Å². The molecule has 0 bridgehead atoms. The topological polar surface area (TPSA) is 61.4 Å². The molecule has 1 atom stereocenters. The van der Waals surface area contributed by atoms with Gasteiger partial charge in [0.2, 0.25) is 5.91 Å². The van der Waals surface area contributed by atoms with Crippen LogP contribution >= 0.6 is 0 Å². The van der Waals surface area contributed by atoms with Crippen LogP contribution in [-0.4, -0.2) is 36.5 Å². The fraction of sp³-hybridized carbons (Fsp3) is 0.529. The Labute approximate surface area is 132 Å². The number of hydrogen-bond donors (Lipinski definition) is 2. The van der Waals surface area contributed by atoms with E-state index in [2.05, 4.69) is 22.5 Å². The largest absolute Gasteiger partial charge is 0.325 e. The van der Waals surface area contributed by atoms with E-state index in [0.717, 1.165) is 36.3 Å². The van der Waals surface area contributed by atoms with Crippen molar-refractivity contribution in [3.63, 3.8) is 0 Å². The van der Waals surface area contributed by atoms with Crippen LogP contribution in [0.5, 0.6) is 0 Å². The lowest BCUT2D eigenvalue weighted by Gasteiger charge is -2.29. The molecular weight excluding hydrogens is 278 g/mol. The molecule has 1 heterocycles. The van der Waals surface area contributed by atoms with Gasteiger partial charge in [-0.25, -0.2) is 4.79 Å². The summed E-state index contributed by atoms with van der Waals surface area (Å²) in [6.07, 6.45) is 2.33. The summed E-state index contributed by atoms with van der Waals surface area (Å²) in [4.78, 5) is 26.0. The molecule has 22 heavy (non-hydrogen) atoms. The summed E-state index contributed by atoms with van der Waals surface area (Å²) in [6.45, 7) is 8.26. The number of rotatable bonds is 3. The summed E-state index contributed by atoms with van der Waals surface area (Å²) >= 11 is 0. The van der Waals surface area contributed by atoms with Crippen LogP contribution in [0.1, 0.15) is 30.9 Å². The van der Waals surface area contributed by atoms with E-state index in [1.54, 1.807) is 0 Å². The number of anilines is 1. The van der Waals surface area contributed by atoms with E-state index < -0.39 is 6.03 Å². The molecule has 0 spiro atoms. The lowest BCUT2D eigenvalue weighted by molar-refractivity contribution is -0.121. The zero-order valence-electron chi connectivity index (χ0n) is 13.6. The van der Waals surface area contributed by atoms with Gasteiger partial charge in [-0.15, -0.1) is 0 Å². The van der Waals surface area contributed by atoms with Gasteiger partial charge in [0.1, 0.15) is 0 Å². The minimum absolute atomic E-state index is 0.253. The van der Waals surface area contributed by atoms with Crippen LogP contribution in [0.15, 0.2) is 18.2 Å². The molecule has 1 aliphatic heterocycles. The number of carbonyl (C=O) groups excluding carboxylic acids is 2. The lowest BCUT2D eigenvalue weighted by atomic mass is 10.0. The number of nitrogens with zero attached hydrogens (tertiary/aromatic N) is 1. The normalized spacial score (nSPS) is 18.8. The number of urea groups is 1. The van der Waals surface area contributed by atoms with Crippen LogP contribution in [0, 0.1) is 19.8 Å². The first-order valence-corrected chi connectivity index (χ1v) is 7.85. The minimum atomic E-state index is -0.469. The quantitative estimate of drug-likeness (QED) is 0.902. The second kappa shape index (κ2) is 7.40. The first-order valence-electron chi connectivity index (χ1n) is 7.85. The molecule has 0 unspecified atom stereocenters. The molecule has 0 radical (unpaired) electrons. The van der Waals surface area contributed by atoms with E-state index in [1.165, 1.54) is 6.42 Å². The highest BCUT2D eigenvalue weighted by Gasteiger charge is 2.19. The number of likely N-dealkylation sites (tertiary alicyclic amines) is 1. The van der Waals surface area contributed by atoms with Crippen molar-refractivity contribution in [1.82, 2.24) is 10.2 Å². The van der Waals surface area contributed by atoms with E-state index in [0.29, 0.717) is 5.92 Å². The molecule has 5 heteroatoms. The highest BCUT2D eigenvalue weighted by molar-refractivity contribution is 6.02. The maximum atomic E-state index is 12.0. The van der Waals surface area contributed by atoms with Gasteiger partial charge >= 0.3 is 6.03 Å². The number of imide groups is 1. The van der Waals surface area contributed by atoms with Crippen LogP contribution in [0.2, 0.25) is 0 Å². The van der Waals surface area contributed by atoms with Crippen LogP contribution in [0.25, 0.3) is 0 Å². The number of aryl methyl sites for hydroxylation is 1. The van der Waals surface area contributed by atoms with E-state index in [9.17, 15) is 9.59 Å². The Morgan fingerprint density at radius 2 is 2.09 bits per heavy atom. The van der Waals surface area contributed by atoms with Gasteiger partial charge in [-0.2, -0.15) is 0 Å². The van der Waals surface area contributed by atoms with Crippen molar-refractivity contribution in [2.45, 2.75) is 33.6 Å². The molecule has 1 fully saturated rings. The average molecular weight is 303 g/mol. The van der Waals surface area contributed by atoms with Gasteiger partial charge in [0.15, 0.2) is 0 Å². The zero-order valence-corrected chi connectivity index (χ0v) is 13.6. The SMILES string of the molecule is Cc1cccc(NC(=O)NC(=O)CN2CCC[C@H](C)C2)c1C. The molecule has 1 aromatic rings. The van der Waals surface area contributed by atoms with Crippen molar-refractivity contribution in [2.75, 3.05) is 25.0 Å². The Hall–Kier alpha value is -1.88. The highest BCUT2D eigenvalue weighted by atomic mass is 16.2. The molecule has 1 aromatic carbocycles. The molecule has 5 nitrogen and oxygen atoms in total. The number of piperidine rings is 1. The smallest absolute Gasteiger partial charge is 0.307 e. The number of hydrogen-bond acceptors (Lipinski definition) is 3. The van der Waals surface area contributed by atoms with Crippen molar-refractivity contribution in [2.24, 2.45) is 5.92 Å². The molecule has 0 aliphatic carbocycles. The number of nitrogens with one attached hydrogen (secondary N) is 2. The molecule has 1 aliphatic rings. The summed E-state index contributed by atoms with van der Waals surface area (Å²) in [5.41, 5.74) is 2.85. The molecule has 120 valence electrons. The van der Waals surface area contributed by atoms with Gasteiger partial charge in [0.25, 0.3) is 0 Å². The van der Waals surface area contributed by atoms with Gasteiger partial charge in [-0.05, 0) is 56.3 Å². The van der Waals surface area contributed by atoms with Crippen molar-refractivity contribution in [3.05, 3.63) is 29.3 Å². The minimum Gasteiger partial charge on any atom is -0.307 e. The fourth-order valence-electron chi connectivity index (χ4n) is 2.84. The Kier molecular flexibility index (Phi) is 5.55. The van der Waals surface area contributed by atoms with Crippen molar-refractivity contribution in [1.29, 1.82) is 0 Å². The Bertz CT molecular complexity index is 557. The summed E-state index contributed by atoms with van der Waals surface area (Å²) in [6, 6.07) is 5.23. The molecule has 0 aromatic heterocycles. The molecular formula is C17H25N3O2. The molecule has 2 N–H and O–H groups in total. The summed E-state index contributed by atoms with van der Waals surface area (Å²) in [5.74, 6) is 0.363. The summed E-state index contributed by atoms with van der Waals surface area (Å²) in [7, 11) is 0. The van der Waals surface area contributed by atoms with E-state index >= 15 is 0 Å². The Morgan fingerprint density at radius 1 is 1.32 bits per heavy atom. The second-order valence-corrected chi connectivity index (χ2v) is 6.23. The Morgan fingerprint density at radius 3 is 2.82 bits per heavy atom. The fourth-order valence-corrected chi connectivity index (χ4v) is 2.84. The molecule has 0 saturated carbocycles. The molecule has 3 amide bonds. The standard InChI is InChI=1S/C17H25N3O2/c1-12-6-5-9-20(10-12)11-16(21)19-17(22)18-15-8-4-7-13(2)14(15)3/h4,7-8,12H,5-6,9-11H2,1-3H3,(H2,18,19,21,22)/t12-/m0/s1. The molecule has 1 saturated heterocycles. The summed E-state index contributed by atoms with van der Waals surface area (Å²) in [5, 5.41) is 5.15. The van der Waals surface area contributed by atoms with E-state index in [-0.39, 0.29) is 12.5 Å². The van der Waals surface area contributed by atoms with Crippen molar-refractivity contribution < 1.29 is 9.59 Å². The first-order chi connectivity index (χ1) is 10.5. The van der Waals surface area contributed by atoms with Gasteiger partial charge in [0, 0.05) is 12.2 Å². The lowest BCUT2D eigenvalue weighted by Crippen LogP contribution is -2.44. The van der Waals surface area contributed by atoms with Gasteiger partial charge in [-0.3, -0.25) is 15.0 Å². The van der Waals surface area contributed by atoms with Crippen LogP contribution in [-0.2, 0) is 4.79 Å². The average Bonchev–Trinajstić information content (AvgIpc) is 2.43. The number of benzene rings is 1. The van der Waals surface area contributed by atoms with Gasteiger partial charge < -0.3 is 5.32 Å².